The molecule has 3 N–H and O–H groups in total. The molecule has 116 valence electrons. The molecule has 1 aliphatic rings. The van der Waals surface area contributed by atoms with Crippen LogP contribution in [0.15, 0.2) is 23.1 Å². The van der Waals surface area contributed by atoms with Crippen LogP contribution in [0.4, 0.5) is 5.69 Å². The third-order valence-corrected chi connectivity index (χ3v) is 4.77. The number of nitrogens with one attached hydrogen (secondary N) is 1. The van der Waals surface area contributed by atoms with Crippen molar-refractivity contribution < 1.29 is 13.2 Å². The second-order valence-corrected chi connectivity index (χ2v) is 7.87. The summed E-state index contributed by atoms with van der Waals surface area (Å²) in [5.74, 6) is -0.277. The number of sulfonamides is 1. The highest BCUT2D eigenvalue weighted by molar-refractivity contribution is 7.89. The number of carbonyl (C=O) groups excluding carboxylic acids is 1. The van der Waals surface area contributed by atoms with Crippen molar-refractivity contribution >= 4 is 21.6 Å². The van der Waals surface area contributed by atoms with Gasteiger partial charge in [-0.1, -0.05) is 13.8 Å². The highest BCUT2D eigenvalue weighted by atomic mass is 32.2. The molecule has 2 rings (SSSR count). The zero-order chi connectivity index (χ0) is 16.0. The molecule has 0 spiro atoms. The quantitative estimate of drug-likeness (QED) is 0.865. The molecule has 0 saturated heterocycles. The molecule has 0 aromatic heterocycles. The van der Waals surface area contributed by atoms with Gasteiger partial charge in [0.1, 0.15) is 4.90 Å². The fraction of sp³-hybridized carbons (Fsp3) is 0.500. The van der Waals surface area contributed by atoms with E-state index in [2.05, 4.69) is 19.2 Å². The molecule has 1 fully saturated rings. The molecule has 0 bridgehead atoms. The van der Waals surface area contributed by atoms with E-state index in [0.717, 1.165) is 6.42 Å². The van der Waals surface area contributed by atoms with Gasteiger partial charge in [0.25, 0.3) is 5.91 Å². The zero-order valence-electron chi connectivity index (χ0n) is 12.7. The summed E-state index contributed by atoms with van der Waals surface area (Å²) in [5, 5.41) is 8.13. The number of nitrogens with two attached hydrogens (primary N) is 1. The minimum absolute atomic E-state index is 0.0461. The number of amides is 1. The summed E-state index contributed by atoms with van der Waals surface area (Å²) < 4.78 is 23.4. The Morgan fingerprint density at radius 1 is 1.38 bits per heavy atom. The molecular weight excluding hydrogens is 290 g/mol. The first-order chi connectivity index (χ1) is 9.52. The van der Waals surface area contributed by atoms with E-state index in [1.54, 1.807) is 31.1 Å². The van der Waals surface area contributed by atoms with Crippen LogP contribution in [-0.4, -0.2) is 34.5 Å². The third kappa shape index (κ3) is 3.36. The van der Waals surface area contributed by atoms with Crippen molar-refractivity contribution in [2.24, 2.45) is 10.6 Å². The largest absolute Gasteiger partial charge is 0.377 e. The van der Waals surface area contributed by atoms with Gasteiger partial charge < -0.3 is 10.2 Å². The summed E-state index contributed by atoms with van der Waals surface area (Å²) in [6.45, 7) is 4.14. The number of carbonyl (C=O) groups is 1. The number of nitrogens with zero attached hydrogens (tertiary/aromatic N) is 1. The van der Waals surface area contributed by atoms with Crippen molar-refractivity contribution in [1.29, 1.82) is 0 Å². The van der Waals surface area contributed by atoms with Gasteiger partial charge in [-0.3, -0.25) is 4.79 Å². The average molecular weight is 311 g/mol. The van der Waals surface area contributed by atoms with Gasteiger partial charge in [0.2, 0.25) is 10.0 Å². The average Bonchev–Trinajstić information content (AvgIpc) is 2.94. The molecule has 1 aromatic carbocycles. The number of hydrogen-bond acceptors (Lipinski definition) is 4. The Balaban J connectivity index is 2.32. The van der Waals surface area contributed by atoms with E-state index in [-0.39, 0.29) is 22.3 Å². The van der Waals surface area contributed by atoms with Crippen molar-refractivity contribution in [3.8, 4) is 0 Å². The molecule has 1 aromatic rings. The summed E-state index contributed by atoms with van der Waals surface area (Å²) >= 11 is 0. The molecule has 1 atom stereocenters. The normalized spacial score (nSPS) is 20.0. The standard InChI is InChI=1S/C14H21N3O3S/c1-14(2)8-12(14)16-13(18)9-5-6-10(17(3)4)11(7-9)21(15,19)20/h5-7,12H,8H2,1-4H3,(H,16,18)(H2,15,19,20). The van der Waals surface area contributed by atoms with Gasteiger partial charge in [0, 0.05) is 25.7 Å². The first-order valence-electron chi connectivity index (χ1n) is 6.67. The first-order valence-corrected chi connectivity index (χ1v) is 8.22. The lowest BCUT2D eigenvalue weighted by molar-refractivity contribution is 0.0946. The Labute approximate surface area is 125 Å². The maximum atomic E-state index is 12.2. The first kappa shape index (κ1) is 15.8. The van der Waals surface area contributed by atoms with E-state index in [0.29, 0.717) is 11.3 Å². The fourth-order valence-electron chi connectivity index (χ4n) is 2.21. The summed E-state index contributed by atoms with van der Waals surface area (Å²) in [5.41, 5.74) is 0.871. The number of rotatable bonds is 4. The van der Waals surface area contributed by atoms with E-state index < -0.39 is 10.0 Å². The van der Waals surface area contributed by atoms with Gasteiger partial charge in [-0.2, -0.15) is 0 Å². The third-order valence-electron chi connectivity index (χ3n) is 3.83. The Morgan fingerprint density at radius 3 is 2.38 bits per heavy atom. The predicted molar refractivity (Wildman–Crippen MR) is 81.8 cm³/mol. The molecular formula is C14H21N3O3S. The molecule has 0 heterocycles. The van der Waals surface area contributed by atoms with Crippen LogP contribution in [0.3, 0.4) is 0 Å². The lowest BCUT2D eigenvalue weighted by Crippen LogP contribution is -2.29. The molecule has 6 nitrogen and oxygen atoms in total. The maximum absolute atomic E-state index is 12.2. The van der Waals surface area contributed by atoms with Gasteiger partial charge in [-0.15, -0.1) is 0 Å². The number of primary sulfonamides is 1. The highest BCUT2D eigenvalue weighted by Crippen LogP contribution is 2.44. The molecule has 0 radical (unpaired) electrons. The molecule has 1 unspecified atom stereocenters. The molecule has 1 saturated carbocycles. The van der Waals surface area contributed by atoms with Crippen molar-refractivity contribution in [3.63, 3.8) is 0 Å². The van der Waals surface area contributed by atoms with E-state index >= 15 is 0 Å². The molecule has 0 aliphatic heterocycles. The van der Waals surface area contributed by atoms with Crippen LogP contribution >= 0.6 is 0 Å². The number of anilines is 1. The van der Waals surface area contributed by atoms with E-state index in [1.165, 1.54) is 6.07 Å². The Bertz CT molecular complexity index is 681. The molecule has 1 aliphatic carbocycles. The van der Waals surface area contributed by atoms with Crippen LogP contribution in [0.25, 0.3) is 0 Å². The Morgan fingerprint density at radius 2 is 1.95 bits per heavy atom. The minimum Gasteiger partial charge on any atom is -0.377 e. The monoisotopic (exact) mass is 311 g/mol. The topological polar surface area (TPSA) is 92.5 Å². The predicted octanol–water partition coefficient (Wildman–Crippen LogP) is 0.928. The van der Waals surface area contributed by atoms with Crippen molar-refractivity contribution in [2.45, 2.75) is 31.2 Å². The molecule has 1 amide bonds. The second-order valence-electron chi connectivity index (χ2n) is 6.34. The van der Waals surface area contributed by atoms with Crippen LogP contribution in [0.1, 0.15) is 30.6 Å². The zero-order valence-corrected chi connectivity index (χ0v) is 13.5. The van der Waals surface area contributed by atoms with Crippen LogP contribution in [0, 0.1) is 5.41 Å². The van der Waals surface area contributed by atoms with Gasteiger partial charge in [-0.05, 0) is 30.0 Å². The summed E-state index contributed by atoms with van der Waals surface area (Å²) in [6, 6.07) is 4.66. The van der Waals surface area contributed by atoms with Gasteiger partial charge in [0.15, 0.2) is 0 Å². The van der Waals surface area contributed by atoms with E-state index in [1.807, 2.05) is 0 Å². The summed E-state index contributed by atoms with van der Waals surface area (Å²) in [7, 11) is -0.454. The van der Waals surface area contributed by atoms with Crippen molar-refractivity contribution in [2.75, 3.05) is 19.0 Å². The van der Waals surface area contributed by atoms with Crippen molar-refractivity contribution in [1.82, 2.24) is 5.32 Å². The molecule has 21 heavy (non-hydrogen) atoms. The highest BCUT2D eigenvalue weighted by Gasteiger charge is 2.46. The van der Waals surface area contributed by atoms with Gasteiger partial charge in [0.05, 0.1) is 5.69 Å². The number of benzene rings is 1. The van der Waals surface area contributed by atoms with Crippen LogP contribution in [0.5, 0.6) is 0 Å². The van der Waals surface area contributed by atoms with Crippen LogP contribution < -0.4 is 15.4 Å². The summed E-state index contributed by atoms with van der Waals surface area (Å²) in [6.07, 6.45) is 0.927. The SMILES string of the molecule is CN(C)c1ccc(C(=O)NC2CC2(C)C)cc1S(N)(=O)=O. The fourth-order valence-corrected chi connectivity index (χ4v) is 3.04. The lowest BCUT2D eigenvalue weighted by Gasteiger charge is -2.17. The Kier molecular flexibility index (Phi) is 3.75. The van der Waals surface area contributed by atoms with Gasteiger partial charge >= 0.3 is 0 Å². The van der Waals surface area contributed by atoms with E-state index in [9.17, 15) is 13.2 Å². The Hall–Kier alpha value is -1.60. The lowest BCUT2D eigenvalue weighted by atomic mass is 10.1. The minimum atomic E-state index is -3.89. The summed E-state index contributed by atoms with van der Waals surface area (Å²) in [4.78, 5) is 13.8. The number of hydrogen-bond donors (Lipinski definition) is 2. The smallest absolute Gasteiger partial charge is 0.251 e. The maximum Gasteiger partial charge on any atom is 0.251 e. The van der Waals surface area contributed by atoms with Gasteiger partial charge in [-0.25, -0.2) is 13.6 Å². The van der Waals surface area contributed by atoms with E-state index in [4.69, 9.17) is 5.14 Å². The van der Waals surface area contributed by atoms with Crippen LogP contribution in [-0.2, 0) is 10.0 Å². The van der Waals surface area contributed by atoms with Crippen molar-refractivity contribution in [3.05, 3.63) is 23.8 Å². The van der Waals surface area contributed by atoms with Crippen LogP contribution in [0.2, 0.25) is 0 Å². The second kappa shape index (κ2) is 4.99. The molecule has 7 heteroatoms.